The maximum absolute atomic E-state index is 15.1. The molecule has 3 rings (SSSR count). The zero-order valence-electron chi connectivity index (χ0n) is 17.2. The van der Waals surface area contributed by atoms with Crippen LogP contribution in [0.4, 0.5) is 19.0 Å². The van der Waals surface area contributed by atoms with Crippen LogP contribution in [0.5, 0.6) is 0 Å². The van der Waals surface area contributed by atoms with Gasteiger partial charge in [-0.1, -0.05) is 6.07 Å². The van der Waals surface area contributed by atoms with E-state index in [1.807, 2.05) is 0 Å². The standard InChI is InChI=1S/C23H21F3N2O3/c1-13-10-14(8-9-29)11-19(26)21(13)28-20(30)7-6-17(23(28)27(2)3)22(31)16-5-4-15(24)12-18(16)25/h4-7,10-12,29H,8-9H2,1-3H3. The molecule has 162 valence electrons. The van der Waals surface area contributed by atoms with E-state index in [2.05, 4.69) is 0 Å². The third-order valence-corrected chi connectivity index (χ3v) is 4.85. The molecule has 0 spiro atoms. The third-order valence-electron chi connectivity index (χ3n) is 4.85. The van der Waals surface area contributed by atoms with Crippen molar-refractivity contribution >= 4 is 11.6 Å². The molecule has 0 atom stereocenters. The molecule has 0 aliphatic carbocycles. The maximum atomic E-state index is 15.1. The Hall–Kier alpha value is -3.39. The van der Waals surface area contributed by atoms with Crippen molar-refractivity contribution in [3.63, 3.8) is 0 Å². The molecule has 1 N–H and O–H groups in total. The zero-order chi connectivity index (χ0) is 22.9. The molecule has 0 unspecified atom stereocenters. The molecule has 2 aromatic carbocycles. The number of pyridine rings is 1. The Labute approximate surface area is 177 Å². The van der Waals surface area contributed by atoms with Crippen LogP contribution >= 0.6 is 0 Å². The number of benzene rings is 2. The predicted molar refractivity (Wildman–Crippen MR) is 112 cm³/mol. The molecule has 0 amide bonds. The molecule has 0 saturated heterocycles. The third kappa shape index (κ3) is 4.25. The Morgan fingerprint density at radius 3 is 2.26 bits per heavy atom. The number of aromatic nitrogens is 1. The summed E-state index contributed by atoms with van der Waals surface area (Å²) < 4.78 is 43.6. The van der Waals surface area contributed by atoms with Crippen LogP contribution in [0.2, 0.25) is 0 Å². The van der Waals surface area contributed by atoms with Crippen LogP contribution < -0.4 is 10.5 Å². The fraction of sp³-hybridized carbons (Fsp3) is 0.217. The minimum absolute atomic E-state index is 0.0478. The summed E-state index contributed by atoms with van der Waals surface area (Å²) in [6, 6.07) is 7.80. The minimum atomic E-state index is -1.04. The Kier molecular flexibility index (Phi) is 6.31. The van der Waals surface area contributed by atoms with Gasteiger partial charge >= 0.3 is 0 Å². The van der Waals surface area contributed by atoms with Crippen molar-refractivity contribution in [1.29, 1.82) is 0 Å². The quantitative estimate of drug-likeness (QED) is 0.609. The lowest BCUT2D eigenvalue weighted by Crippen LogP contribution is -2.29. The zero-order valence-corrected chi connectivity index (χ0v) is 17.2. The molecule has 0 radical (unpaired) electrons. The first kappa shape index (κ1) is 22.3. The molecular weight excluding hydrogens is 409 g/mol. The van der Waals surface area contributed by atoms with Crippen LogP contribution in [0.3, 0.4) is 0 Å². The lowest BCUT2D eigenvalue weighted by atomic mass is 10.0. The van der Waals surface area contributed by atoms with Crippen molar-refractivity contribution in [3.05, 3.63) is 92.5 Å². The van der Waals surface area contributed by atoms with E-state index in [0.29, 0.717) is 17.2 Å². The van der Waals surface area contributed by atoms with Crippen LogP contribution in [0.25, 0.3) is 5.69 Å². The normalized spacial score (nSPS) is 10.9. The number of ketones is 1. The van der Waals surface area contributed by atoms with Crippen molar-refractivity contribution in [2.45, 2.75) is 13.3 Å². The van der Waals surface area contributed by atoms with Crippen LogP contribution in [0, 0.1) is 24.4 Å². The van der Waals surface area contributed by atoms with Crippen molar-refractivity contribution < 1.29 is 23.1 Å². The van der Waals surface area contributed by atoms with Crippen molar-refractivity contribution in [2.75, 3.05) is 25.6 Å². The first-order chi connectivity index (χ1) is 14.6. The second-order valence-corrected chi connectivity index (χ2v) is 7.31. The number of nitrogens with zero attached hydrogens (tertiary/aromatic N) is 2. The monoisotopic (exact) mass is 430 g/mol. The van der Waals surface area contributed by atoms with Gasteiger partial charge in [0.1, 0.15) is 23.3 Å². The summed E-state index contributed by atoms with van der Waals surface area (Å²) in [6.45, 7) is 1.45. The topological polar surface area (TPSA) is 62.5 Å². The summed E-state index contributed by atoms with van der Waals surface area (Å²) >= 11 is 0. The number of aliphatic hydroxyl groups is 1. The van der Waals surface area contributed by atoms with Gasteiger partial charge in [0.15, 0.2) is 5.78 Å². The van der Waals surface area contributed by atoms with Crippen molar-refractivity contribution in [2.24, 2.45) is 0 Å². The summed E-state index contributed by atoms with van der Waals surface area (Å²) in [6.07, 6.45) is 0.246. The number of carbonyl (C=O) groups is 1. The Balaban J connectivity index is 2.29. The van der Waals surface area contributed by atoms with Gasteiger partial charge in [0, 0.05) is 32.8 Å². The van der Waals surface area contributed by atoms with Gasteiger partial charge in [0.2, 0.25) is 0 Å². The number of aryl methyl sites for hydroxylation is 1. The van der Waals surface area contributed by atoms with Gasteiger partial charge in [0.05, 0.1) is 16.8 Å². The van der Waals surface area contributed by atoms with Crippen LogP contribution in [-0.2, 0) is 6.42 Å². The van der Waals surface area contributed by atoms with Gasteiger partial charge in [-0.3, -0.25) is 14.2 Å². The highest BCUT2D eigenvalue weighted by molar-refractivity contribution is 6.12. The second-order valence-electron chi connectivity index (χ2n) is 7.31. The molecule has 0 bridgehead atoms. The van der Waals surface area contributed by atoms with Gasteiger partial charge in [0.25, 0.3) is 5.56 Å². The van der Waals surface area contributed by atoms with E-state index >= 15 is 4.39 Å². The molecule has 1 aromatic heterocycles. The lowest BCUT2D eigenvalue weighted by Gasteiger charge is -2.24. The van der Waals surface area contributed by atoms with Gasteiger partial charge in [-0.05, 0) is 48.7 Å². The van der Waals surface area contributed by atoms with E-state index in [-0.39, 0.29) is 35.7 Å². The second kappa shape index (κ2) is 8.77. The summed E-state index contributed by atoms with van der Waals surface area (Å²) in [5, 5.41) is 9.12. The first-order valence-corrected chi connectivity index (χ1v) is 9.49. The number of hydrogen-bond donors (Lipinski definition) is 1. The highest BCUT2D eigenvalue weighted by Crippen LogP contribution is 2.28. The highest BCUT2D eigenvalue weighted by atomic mass is 19.1. The highest BCUT2D eigenvalue weighted by Gasteiger charge is 2.24. The average molecular weight is 430 g/mol. The number of halogens is 3. The Morgan fingerprint density at radius 1 is 1.00 bits per heavy atom. The van der Waals surface area contributed by atoms with Crippen LogP contribution in [0.15, 0.2) is 47.3 Å². The van der Waals surface area contributed by atoms with Gasteiger partial charge in [-0.25, -0.2) is 13.2 Å². The van der Waals surface area contributed by atoms with E-state index in [1.54, 1.807) is 27.1 Å². The van der Waals surface area contributed by atoms with E-state index in [0.717, 1.165) is 22.8 Å². The van der Waals surface area contributed by atoms with Crippen molar-refractivity contribution in [1.82, 2.24) is 4.57 Å². The summed E-state index contributed by atoms with van der Waals surface area (Å²) in [5.41, 5.74) is -0.0765. The smallest absolute Gasteiger partial charge is 0.256 e. The largest absolute Gasteiger partial charge is 0.396 e. The number of aliphatic hydroxyl groups excluding tert-OH is 1. The number of hydrogen-bond acceptors (Lipinski definition) is 4. The van der Waals surface area contributed by atoms with E-state index in [1.165, 1.54) is 17.0 Å². The van der Waals surface area contributed by atoms with E-state index < -0.39 is 28.8 Å². The molecule has 0 aliphatic rings. The molecule has 8 heteroatoms. The van der Waals surface area contributed by atoms with Gasteiger partial charge < -0.3 is 10.0 Å². The lowest BCUT2D eigenvalue weighted by molar-refractivity contribution is 0.103. The van der Waals surface area contributed by atoms with E-state index in [9.17, 15) is 18.4 Å². The molecule has 0 fully saturated rings. The SMILES string of the molecule is Cc1cc(CCO)cc(F)c1-n1c(N(C)C)c(C(=O)c2ccc(F)cc2F)ccc1=O. The predicted octanol–water partition coefficient (Wildman–Crippen LogP) is 3.40. The van der Waals surface area contributed by atoms with Gasteiger partial charge in [-0.15, -0.1) is 0 Å². The minimum Gasteiger partial charge on any atom is -0.396 e. The maximum Gasteiger partial charge on any atom is 0.256 e. The Morgan fingerprint density at radius 2 is 1.68 bits per heavy atom. The molecular formula is C23H21F3N2O3. The van der Waals surface area contributed by atoms with Gasteiger partial charge in [-0.2, -0.15) is 0 Å². The molecule has 1 heterocycles. The molecule has 3 aromatic rings. The number of carbonyl (C=O) groups excluding carboxylic acids is 1. The molecule has 5 nitrogen and oxygen atoms in total. The molecule has 31 heavy (non-hydrogen) atoms. The summed E-state index contributed by atoms with van der Waals surface area (Å²) in [7, 11) is 3.13. The first-order valence-electron chi connectivity index (χ1n) is 9.49. The summed E-state index contributed by atoms with van der Waals surface area (Å²) in [4.78, 5) is 27.3. The summed E-state index contributed by atoms with van der Waals surface area (Å²) in [5.74, 6) is -3.29. The molecule has 0 aliphatic heterocycles. The molecule has 0 saturated carbocycles. The van der Waals surface area contributed by atoms with Crippen molar-refractivity contribution in [3.8, 4) is 5.69 Å². The number of anilines is 1. The average Bonchev–Trinajstić information content (AvgIpc) is 2.68. The fourth-order valence-electron chi connectivity index (χ4n) is 3.55. The Bertz CT molecular complexity index is 1200. The van der Waals surface area contributed by atoms with Crippen LogP contribution in [0.1, 0.15) is 27.0 Å². The fourth-order valence-corrected chi connectivity index (χ4v) is 3.55. The number of rotatable bonds is 6. The van der Waals surface area contributed by atoms with E-state index in [4.69, 9.17) is 5.11 Å². The van der Waals surface area contributed by atoms with Crippen LogP contribution in [-0.4, -0.2) is 36.2 Å².